The Morgan fingerprint density at radius 1 is 1.38 bits per heavy atom. The van der Waals surface area contributed by atoms with Crippen LogP contribution in [0.3, 0.4) is 0 Å². The minimum absolute atomic E-state index is 0.0754. The average Bonchev–Trinajstić information content (AvgIpc) is 3.33. The van der Waals surface area contributed by atoms with Crippen LogP contribution < -0.4 is 10.6 Å². The van der Waals surface area contributed by atoms with Gasteiger partial charge in [0.2, 0.25) is 11.9 Å². The van der Waals surface area contributed by atoms with E-state index in [0.717, 1.165) is 10.1 Å². The molecule has 1 unspecified atom stereocenters. The van der Waals surface area contributed by atoms with E-state index in [9.17, 15) is 22.8 Å². The molecule has 0 saturated heterocycles. The monoisotopic (exact) mass is 406 g/mol. The Morgan fingerprint density at radius 3 is 2.69 bits per heavy atom. The molecule has 3 aromatic rings. The number of anilines is 1. The lowest BCUT2D eigenvalue weighted by Gasteiger charge is -2.32. The Bertz CT molecular complexity index is 1150. The minimum Gasteiger partial charge on any atom is -0.472 e. The fourth-order valence-corrected chi connectivity index (χ4v) is 3.64. The molecule has 10 heteroatoms. The predicted molar refractivity (Wildman–Crippen MR) is 98.0 cm³/mol. The number of halogens is 3. The van der Waals surface area contributed by atoms with Crippen LogP contribution in [0.4, 0.5) is 19.1 Å². The highest BCUT2D eigenvalue weighted by molar-refractivity contribution is 6.07. The number of rotatable bonds is 3. The molecule has 0 fully saturated rings. The molecule has 3 heterocycles. The smallest absolute Gasteiger partial charge is 0.440 e. The van der Waals surface area contributed by atoms with Gasteiger partial charge in [-0.15, -0.1) is 0 Å². The number of furan rings is 1. The maximum Gasteiger partial charge on any atom is 0.440 e. The average molecular weight is 406 g/mol. The van der Waals surface area contributed by atoms with Gasteiger partial charge >= 0.3 is 6.18 Å². The highest BCUT2D eigenvalue weighted by Crippen LogP contribution is 2.46. The van der Waals surface area contributed by atoms with Crippen LogP contribution in [0, 0.1) is 13.8 Å². The summed E-state index contributed by atoms with van der Waals surface area (Å²) >= 11 is 0. The maximum absolute atomic E-state index is 14.3. The summed E-state index contributed by atoms with van der Waals surface area (Å²) < 4.78 is 48.6. The molecule has 29 heavy (non-hydrogen) atoms. The Labute approximate surface area is 162 Å². The summed E-state index contributed by atoms with van der Waals surface area (Å²) in [5.74, 6) is -2.60. The lowest BCUT2D eigenvalue weighted by Crippen LogP contribution is -2.63. The molecule has 4 rings (SSSR count). The van der Waals surface area contributed by atoms with Gasteiger partial charge in [0.25, 0.3) is 11.6 Å². The highest BCUT2D eigenvalue weighted by atomic mass is 19.4. The Hall–Kier alpha value is -3.30. The maximum atomic E-state index is 14.3. The first kappa shape index (κ1) is 19.0. The van der Waals surface area contributed by atoms with E-state index in [4.69, 9.17) is 4.42 Å². The normalized spacial score (nSPS) is 18.8. The van der Waals surface area contributed by atoms with Gasteiger partial charge in [-0.25, -0.2) is 4.98 Å². The quantitative estimate of drug-likeness (QED) is 0.696. The molecule has 1 atom stereocenters. The van der Waals surface area contributed by atoms with Crippen molar-refractivity contribution in [2.75, 3.05) is 5.32 Å². The number of nitrogens with zero attached hydrogens (tertiary/aromatic N) is 2. The summed E-state index contributed by atoms with van der Waals surface area (Å²) in [5.41, 5.74) is -0.169. The van der Waals surface area contributed by atoms with Gasteiger partial charge in [-0.1, -0.05) is 6.92 Å². The molecular weight excluding hydrogens is 389 g/mol. The number of carbonyl (C=O) groups excluding carboxylic acids is 2. The number of amides is 2. The highest BCUT2D eigenvalue weighted by Gasteiger charge is 2.67. The fourth-order valence-electron chi connectivity index (χ4n) is 3.64. The standard InChI is InChI=1S/C19H17F3N4O3/c1-4-13(27)25-18(19(20,21)22)16(28)24-17-23-15-12(26(17)18)7-9(2)10(3)14(15)11-5-6-29-8-11/h5-8H,4H2,1-3H3,(H,25,27)(H,23,24,28). The lowest BCUT2D eigenvalue weighted by molar-refractivity contribution is -0.217. The van der Waals surface area contributed by atoms with Gasteiger partial charge in [0, 0.05) is 17.5 Å². The van der Waals surface area contributed by atoms with Gasteiger partial charge in [0.05, 0.1) is 23.6 Å². The van der Waals surface area contributed by atoms with E-state index in [2.05, 4.69) is 10.3 Å². The van der Waals surface area contributed by atoms with Crippen LogP contribution in [0.2, 0.25) is 0 Å². The van der Waals surface area contributed by atoms with Crippen molar-refractivity contribution in [3.63, 3.8) is 0 Å². The number of alkyl halides is 3. The molecule has 0 spiro atoms. The first-order chi connectivity index (χ1) is 13.6. The van der Waals surface area contributed by atoms with E-state index in [-0.39, 0.29) is 23.4 Å². The second kappa shape index (κ2) is 6.10. The third kappa shape index (κ3) is 2.48. The van der Waals surface area contributed by atoms with Crippen molar-refractivity contribution in [2.45, 2.75) is 39.0 Å². The molecule has 0 aliphatic carbocycles. The van der Waals surface area contributed by atoms with Crippen molar-refractivity contribution >= 4 is 28.8 Å². The molecule has 2 N–H and O–H groups in total. The molecule has 0 radical (unpaired) electrons. The van der Waals surface area contributed by atoms with E-state index in [0.29, 0.717) is 16.7 Å². The number of aromatic nitrogens is 2. The second-order valence-corrected chi connectivity index (χ2v) is 6.91. The van der Waals surface area contributed by atoms with Crippen molar-refractivity contribution in [1.29, 1.82) is 0 Å². The van der Waals surface area contributed by atoms with Crippen LogP contribution in [0.15, 0.2) is 29.1 Å². The Kier molecular flexibility index (Phi) is 4.00. The molecule has 2 aromatic heterocycles. The van der Waals surface area contributed by atoms with Crippen LogP contribution in [0.1, 0.15) is 24.5 Å². The van der Waals surface area contributed by atoms with Gasteiger partial charge < -0.3 is 9.73 Å². The van der Waals surface area contributed by atoms with Crippen LogP contribution >= 0.6 is 0 Å². The largest absolute Gasteiger partial charge is 0.472 e. The Balaban J connectivity index is 2.10. The summed E-state index contributed by atoms with van der Waals surface area (Å²) in [6, 6.07) is 3.21. The number of aryl methyl sites for hydroxylation is 1. The zero-order valence-corrected chi connectivity index (χ0v) is 15.8. The number of nitrogens with one attached hydrogen (secondary N) is 2. The second-order valence-electron chi connectivity index (χ2n) is 6.91. The summed E-state index contributed by atoms with van der Waals surface area (Å²) in [6.45, 7) is 4.99. The molecule has 2 amide bonds. The zero-order chi connectivity index (χ0) is 21.1. The molecule has 1 aliphatic rings. The van der Waals surface area contributed by atoms with Crippen LogP contribution in [-0.4, -0.2) is 27.5 Å². The third-order valence-electron chi connectivity index (χ3n) is 5.22. The van der Waals surface area contributed by atoms with E-state index in [1.807, 2.05) is 12.2 Å². The van der Waals surface area contributed by atoms with Crippen molar-refractivity contribution < 1.29 is 27.2 Å². The summed E-state index contributed by atoms with van der Waals surface area (Å²) in [6.07, 6.45) is -2.39. The van der Waals surface area contributed by atoms with Crippen molar-refractivity contribution in [1.82, 2.24) is 14.9 Å². The number of benzene rings is 1. The van der Waals surface area contributed by atoms with Crippen molar-refractivity contribution in [3.8, 4) is 11.1 Å². The molecular formula is C19H17F3N4O3. The third-order valence-corrected chi connectivity index (χ3v) is 5.22. The SMILES string of the molecule is CCC(=O)NC1(C(F)(F)F)C(=O)Nc2nc3c(-c4ccoc4)c(C)c(C)cc3n21. The van der Waals surface area contributed by atoms with Gasteiger partial charge in [-0.05, 0) is 37.1 Å². The number of hydrogen-bond acceptors (Lipinski definition) is 4. The van der Waals surface area contributed by atoms with E-state index >= 15 is 0 Å². The number of fused-ring (bicyclic) bond motifs is 3. The number of hydrogen-bond donors (Lipinski definition) is 2. The number of carbonyl (C=O) groups is 2. The predicted octanol–water partition coefficient (Wildman–Crippen LogP) is 3.61. The van der Waals surface area contributed by atoms with Crippen molar-refractivity contribution in [2.24, 2.45) is 0 Å². The van der Waals surface area contributed by atoms with E-state index in [1.54, 1.807) is 13.0 Å². The van der Waals surface area contributed by atoms with Crippen LogP contribution in [0.25, 0.3) is 22.2 Å². The minimum atomic E-state index is -5.10. The zero-order valence-electron chi connectivity index (χ0n) is 15.8. The topological polar surface area (TPSA) is 89.2 Å². The molecule has 0 bridgehead atoms. The molecule has 7 nitrogen and oxygen atoms in total. The molecule has 0 saturated carbocycles. The van der Waals surface area contributed by atoms with Gasteiger partial charge in [0.15, 0.2) is 0 Å². The molecule has 1 aliphatic heterocycles. The van der Waals surface area contributed by atoms with Crippen molar-refractivity contribution in [3.05, 3.63) is 35.8 Å². The number of imidazole rings is 1. The molecule has 1 aromatic carbocycles. The van der Waals surface area contributed by atoms with Gasteiger partial charge in [-0.2, -0.15) is 13.2 Å². The summed E-state index contributed by atoms with van der Waals surface area (Å²) in [4.78, 5) is 28.8. The summed E-state index contributed by atoms with van der Waals surface area (Å²) in [7, 11) is 0. The van der Waals surface area contributed by atoms with Gasteiger partial charge in [-0.3, -0.25) is 19.5 Å². The lowest BCUT2D eigenvalue weighted by atomic mass is 9.96. The first-order valence-electron chi connectivity index (χ1n) is 8.86. The van der Waals surface area contributed by atoms with E-state index < -0.39 is 23.7 Å². The fraction of sp³-hybridized carbons (Fsp3) is 0.316. The first-order valence-corrected chi connectivity index (χ1v) is 8.86. The van der Waals surface area contributed by atoms with Crippen LogP contribution in [0.5, 0.6) is 0 Å². The van der Waals surface area contributed by atoms with Gasteiger partial charge in [0.1, 0.15) is 0 Å². The van der Waals surface area contributed by atoms with Crippen LogP contribution in [-0.2, 0) is 15.3 Å². The van der Waals surface area contributed by atoms with E-state index in [1.165, 1.54) is 25.5 Å². The molecule has 152 valence electrons. The Morgan fingerprint density at radius 2 is 2.10 bits per heavy atom. The summed E-state index contributed by atoms with van der Waals surface area (Å²) in [5, 5.41) is 4.06.